The molecule has 0 aliphatic carbocycles. The van der Waals surface area contributed by atoms with Crippen LogP contribution in [0.15, 0.2) is 24.3 Å². The van der Waals surface area contributed by atoms with E-state index in [9.17, 15) is 4.39 Å². The van der Waals surface area contributed by atoms with Gasteiger partial charge in [-0.15, -0.1) is 0 Å². The highest BCUT2D eigenvalue weighted by atomic mass is 19.1. The molecular formula is C13H20FNO. The molecule has 1 aromatic rings. The Balaban J connectivity index is 2.27. The van der Waals surface area contributed by atoms with Gasteiger partial charge in [0.05, 0.1) is 0 Å². The molecule has 1 N–H and O–H groups in total. The Morgan fingerprint density at radius 2 is 2.25 bits per heavy atom. The lowest BCUT2D eigenvalue weighted by atomic mass is 10.1. The fourth-order valence-corrected chi connectivity index (χ4v) is 1.53. The van der Waals surface area contributed by atoms with E-state index in [4.69, 9.17) is 4.74 Å². The molecular weight excluding hydrogens is 205 g/mol. The molecule has 16 heavy (non-hydrogen) atoms. The van der Waals surface area contributed by atoms with Crippen molar-refractivity contribution in [2.24, 2.45) is 0 Å². The summed E-state index contributed by atoms with van der Waals surface area (Å²) in [7, 11) is 0. The zero-order valence-corrected chi connectivity index (χ0v) is 10.0. The van der Waals surface area contributed by atoms with Gasteiger partial charge in [0, 0.05) is 19.3 Å². The first kappa shape index (κ1) is 13.1. The molecule has 0 unspecified atom stereocenters. The number of halogens is 1. The Hall–Kier alpha value is -0.930. The van der Waals surface area contributed by atoms with E-state index in [1.807, 2.05) is 19.9 Å². The maximum absolute atomic E-state index is 13.0. The number of hydrogen-bond acceptors (Lipinski definition) is 2. The van der Waals surface area contributed by atoms with E-state index in [0.717, 1.165) is 31.7 Å². The molecule has 0 spiro atoms. The van der Waals surface area contributed by atoms with Gasteiger partial charge >= 0.3 is 0 Å². The van der Waals surface area contributed by atoms with Crippen LogP contribution in [-0.4, -0.2) is 19.8 Å². The summed E-state index contributed by atoms with van der Waals surface area (Å²) >= 11 is 0. The third-order valence-electron chi connectivity index (χ3n) is 2.47. The minimum absolute atomic E-state index is 0.178. The Bertz CT molecular complexity index is 304. The van der Waals surface area contributed by atoms with Crippen molar-refractivity contribution in [1.82, 2.24) is 5.32 Å². The van der Waals surface area contributed by atoms with Crippen LogP contribution < -0.4 is 5.32 Å². The van der Waals surface area contributed by atoms with Crippen LogP contribution in [0.2, 0.25) is 0 Å². The number of benzene rings is 1. The lowest BCUT2D eigenvalue weighted by molar-refractivity contribution is 0.144. The summed E-state index contributed by atoms with van der Waals surface area (Å²) in [6.45, 7) is 6.45. The fraction of sp³-hybridized carbons (Fsp3) is 0.538. The minimum atomic E-state index is -0.180. The predicted molar refractivity (Wildman–Crippen MR) is 63.9 cm³/mol. The van der Waals surface area contributed by atoms with Crippen molar-refractivity contribution in [1.29, 1.82) is 0 Å². The molecule has 1 atom stereocenters. The second kappa shape index (κ2) is 7.36. The van der Waals surface area contributed by atoms with Crippen LogP contribution in [0.1, 0.15) is 31.9 Å². The number of ether oxygens (including phenoxy) is 1. The third kappa shape index (κ3) is 4.73. The fourth-order valence-electron chi connectivity index (χ4n) is 1.53. The summed E-state index contributed by atoms with van der Waals surface area (Å²) in [5.74, 6) is -0.180. The van der Waals surface area contributed by atoms with Gasteiger partial charge in [0.2, 0.25) is 0 Å². The number of hydrogen-bond donors (Lipinski definition) is 1. The summed E-state index contributed by atoms with van der Waals surface area (Å²) < 4.78 is 18.2. The average molecular weight is 225 g/mol. The van der Waals surface area contributed by atoms with Crippen LogP contribution in [0, 0.1) is 5.82 Å². The van der Waals surface area contributed by atoms with Crippen molar-refractivity contribution in [3.8, 4) is 0 Å². The van der Waals surface area contributed by atoms with Crippen LogP contribution in [0.3, 0.4) is 0 Å². The summed E-state index contributed by atoms with van der Waals surface area (Å²) in [5, 5.41) is 3.34. The van der Waals surface area contributed by atoms with Crippen molar-refractivity contribution in [3.05, 3.63) is 35.6 Å². The van der Waals surface area contributed by atoms with Gasteiger partial charge in [-0.05, 0) is 44.5 Å². The molecule has 0 aliphatic heterocycles. The molecule has 0 fully saturated rings. The molecule has 0 aromatic heterocycles. The van der Waals surface area contributed by atoms with E-state index in [0.29, 0.717) is 0 Å². The standard InChI is InChI=1S/C13H20FNO/c1-3-16-9-5-8-15-11(2)12-6-4-7-13(14)10-12/h4,6-7,10-11,15H,3,5,8-9H2,1-2H3/t11-/m0/s1. The van der Waals surface area contributed by atoms with Gasteiger partial charge < -0.3 is 10.1 Å². The molecule has 0 saturated heterocycles. The van der Waals surface area contributed by atoms with Crippen molar-refractivity contribution < 1.29 is 9.13 Å². The largest absolute Gasteiger partial charge is 0.382 e. The van der Waals surface area contributed by atoms with E-state index in [2.05, 4.69) is 5.32 Å². The molecule has 0 heterocycles. The summed E-state index contributed by atoms with van der Waals surface area (Å²) in [4.78, 5) is 0. The highest BCUT2D eigenvalue weighted by molar-refractivity contribution is 5.19. The molecule has 1 aromatic carbocycles. The van der Waals surface area contributed by atoms with Crippen LogP contribution in [0.25, 0.3) is 0 Å². The molecule has 0 aliphatic rings. The first-order valence-corrected chi connectivity index (χ1v) is 5.80. The maximum Gasteiger partial charge on any atom is 0.123 e. The topological polar surface area (TPSA) is 21.3 Å². The average Bonchev–Trinajstić information content (AvgIpc) is 2.28. The van der Waals surface area contributed by atoms with E-state index < -0.39 is 0 Å². The van der Waals surface area contributed by atoms with Crippen molar-refractivity contribution in [3.63, 3.8) is 0 Å². The SMILES string of the molecule is CCOCCCN[C@@H](C)c1cccc(F)c1. The van der Waals surface area contributed by atoms with E-state index >= 15 is 0 Å². The zero-order valence-electron chi connectivity index (χ0n) is 10.0. The second-order valence-corrected chi connectivity index (χ2v) is 3.78. The zero-order chi connectivity index (χ0) is 11.8. The van der Waals surface area contributed by atoms with Gasteiger partial charge in [0.25, 0.3) is 0 Å². The summed E-state index contributed by atoms with van der Waals surface area (Å²) in [6, 6.07) is 6.88. The Kier molecular flexibility index (Phi) is 6.04. The second-order valence-electron chi connectivity index (χ2n) is 3.78. The molecule has 1 rings (SSSR count). The van der Waals surface area contributed by atoms with Crippen molar-refractivity contribution in [2.45, 2.75) is 26.3 Å². The lowest BCUT2D eigenvalue weighted by Gasteiger charge is -2.14. The summed E-state index contributed by atoms with van der Waals surface area (Å²) in [5.41, 5.74) is 0.983. The molecule has 90 valence electrons. The highest BCUT2D eigenvalue weighted by Crippen LogP contribution is 2.12. The predicted octanol–water partition coefficient (Wildman–Crippen LogP) is 2.90. The lowest BCUT2D eigenvalue weighted by Crippen LogP contribution is -2.21. The first-order valence-electron chi connectivity index (χ1n) is 5.80. The minimum Gasteiger partial charge on any atom is -0.382 e. The van der Waals surface area contributed by atoms with Crippen LogP contribution in [0.5, 0.6) is 0 Å². The highest BCUT2D eigenvalue weighted by Gasteiger charge is 2.04. The van der Waals surface area contributed by atoms with Gasteiger partial charge in [0.15, 0.2) is 0 Å². The summed E-state index contributed by atoms with van der Waals surface area (Å²) in [6.07, 6.45) is 0.980. The van der Waals surface area contributed by atoms with E-state index in [-0.39, 0.29) is 11.9 Å². The van der Waals surface area contributed by atoms with Gasteiger partial charge in [-0.3, -0.25) is 0 Å². The smallest absolute Gasteiger partial charge is 0.123 e. The molecule has 3 heteroatoms. The Labute approximate surface area is 96.8 Å². The maximum atomic E-state index is 13.0. The van der Waals surface area contributed by atoms with Crippen LogP contribution in [0.4, 0.5) is 4.39 Å². The van der Waals surface area contributed by atoms with Crippen molar-refractivity contribution >= 4 is 0 Å². The number of nitrogens with one attached hydrogen (secondary N) is 1. The first-order chi connectivity index (χ1) is 7.74. The van der Waals surface area contributed by atoms with Crippen LogP contribution in [-0.2, 0) is 4.74 Å². The quantitative estimate of drug-likeness (QED) is 0.720. The van der Waals surface area contributed by atoms with E-state index in [1.165, 1.54) is 6.07 Å². The molecule has 0 saturated carbocycles. The van der Waals surface area contributed by atoms with E-state index in [1.54, 1.807) is 12.1 Å². The van der Waals surface area contributed by atoms with Gasteiger partial charge in [0.1, 0.15) is 5.82 Å². The third-order valence-corrected chi connectivity index (χ3v) is 2.47. The van der Waals surface area contributed by atoms with Crippen LogP contribution >= 0.6 is 0 Å². The Morgan fingerprint density at radius 1 is 1.44 bits per heavy atom. The normalized spacial score (nSPS) is 12.7. The molecule has 2 nitrogen and oxygen atoms in total. The van der Waals surface area contributed by atoms with Gasteiger partial charge in [-0.1, -0.05) is 12.1 Å². The number of rotatable bonds is 7. The molecule has 0 amide bonds. The Morgan fingerprint density at radius 3 is 2.94 bits per heavy atom. The monoisotopic (exact) mass is 225 g/mol. The molecule has 0 radical (unpaired) electrons. The molecule has 0 bridgehead atoms. The van der Waals surface area contributed by atoms with Crippen molar-refractivity contribution in [2.75, 3.05) is 19.8 Å². The van der Waals surface area contributed by atoms with Gasteiger partial charge in [-0.2, -0.15) is 0 Å². The van der Waals surface area contributed by atoms with Gasteiger partial charge in [-0.25, -0.2) is 4.39 Å².